The minimum absolute atomic E-state index is 0.0785. The number of nitrogens with two attached hydrogens (primary N) is 1. The van der Waals surface area contributed by atoms with Gasteiger partial charge in [0.25, 0.3) is 0 Å². The van der Waals surface area contributed by atoms with Gasteiger partial charge in [0.2, 0.25) is 0 Å². The van der Waals surface area contributed by atoms with E-state index in [1.807, 2.05) is 18.3 Å². The third-order valence-electron chi connectivity index (χ3n) is 8.00. The predicted octanol–water partition coefficient (Wildman–Crippen LogP) is 3.89. The smallest absolute Gasteiger partial charge is 0.414 e. The summed E-state index contributed by atoms with van der Waals surface area (Å²) in [5.41, 5.74) is 9.91. The Morgan fingerprint density at radius 1 is 1.21 bits per heavy atom. The van der Waals surface area contributed by atoms with Crippen LogP contribution in [0.5, 0.6) is 5.75 Å². The molecule has 0 bridgehead atoms. The zero-order chi connectivity index (χ0) is 22.9. The molecule has 2 unspecified atom stereocenters. The van der Waals surface area contributed by atoms with Crippen LogP contribution >= 0.6 is 0 Å². The average molecular weight is 453 g/mol. The normalized spacial score (nSPS) is 29.6. The molecular weight excluding hydrogens is 416 g/mol. The highest BCUT2D eigenvalue weighted by atomic mass is 16.5. The molecule has 5 rings (SSSR count). The summed E-state index contributed by atoms with van der Waals surface area (Å²) in [5, 5.41) is 3.49. The maximum Gasteiger partial charge on any atom is 0.414 e. The number of nitrogens with zero attached hydrogens (tertiary/aromatic N) is 2. The lowest BCUT2D eigenvalue weighted by molar-refractivity contribution is 0.118. The first kappa shape index (κ1) is 22.3. The van der Waals surface area contributed by atoms with E-state index in [4.69, 9.17) is 20.2 Å². The third kappa shape index (κ3) is 4.23. The maximum atomic E-state index is 12.6. The monoisotopic (exact) mass is 452 g/mol. The van der Waals surface area contributed by atoms with Crippen LogP contribution < -0.4 is 20.7 Å². The average Bonchev–Trinajstić information content (AvgIpc) is 3.38. The number of carbonyl (C=O) groups is 1. The molecule has 1 saturated heterocycles. The van der Waals surface area contributed by atoms with Crippen LogP contribution in [0.1, 0.15) is 56.6 Å². The number of rotatable bonds is 5. The van der Waals surface area contributed by atoms with Gasteiger partial charge in [0.15, 0.2) is 0 Å². The van der Waals surface area contributed by atoms with E-state index in [0.29, 0.717) is 6.04 Å². The fraction of sp³-hybridized carbons (Fsp3) is 0.615. The molecular formula is C26H36N4O3. The van der Waals surface area contributed by atoms with E-state index >= 15 is 0 Å². The van der Waals surface area contributed by atoms with Crippen LogP contribution in [0.2, 0.25) is 0 Å². The SMILES string of the molecule is COC(=O)N1c2ccc(C(C=NC3CC4CNCC4C3)=CN)c(OC3CCC3)c2CC[C@@H]1C. The number of benzene rings is 1. The highest BCUT2D eigenvalue weighted by molar-refractivity contribution is 6.11. The van der Waals surface area contributed by atoms with Gasteiger partial charge < -0.3 is 20.5 Å². The fourth-order valence-corrected chi connectivity index (χ4v) is 5.84. The molecule has 3 N–H and O–H groups in total. The van der Waals surface area contributed by atoms with E-state index in [9.17, 15) is 4.79 Å². The second-order valence-electron chi connectivity index (χ2n) is 10.0. The number of aliphatic imine (C=N–C) groups is 1. The Kier molecular flexibility index (Phi) is 6.32. The number of methoxy groups -OCH3 is 1. The van der Waals surface area contributed by atoms with Crippen molar-refractivity contribution in [3.05, 3.63) is 29.5 Å². The summed E-state index contributed by atoms with van der Waals surface area (Å²) in [5.74, 6) is 2.36. The molecule has 2 aliphatic heterocycles. The van der Waals surface area contributed by atoms with Crippen molar-refractivity contribution in [2.45, 2.75) is 70.1 Å². The van der Waals surface area contributed by atoms with E-state index in [2.05, 4.69) is 12.2 Å². The molecule has 0 spiro atoms. The molecule has 0 radical (unpaired) electrons. The van der Waals surface area contributed by atoms with Crippen LogP contribution in [-0.2, 0) is 11.2 Å². The molecule has 7 heteroatoms. The lowest BCUT2D eigenvalue weighted by Crippen LogP contribution is -2.42. The second-order valence-corrected chi connectivity index (χ2v) is 10.0. The van der Waals surface area contributed by atoms with Gasteiger partial charge in [-0.05, 0) is 88.9 Å². The minimum atomic E-state index is -0.330. The van der Waals surface area contributed by atoms with Crippen molar-refractivity contribution in [1.29, 1.82) is 0 Å². The standard InChI is InChI=1S/C26H36N4O3/c1-16-6-7-23-24(30(16)26(31)32-2)9-8-22(25(23)33-21-4-3-5-21)19(12-27)15-29-20-10-17-13-28-14-18(17)11-20/h8-9,12,15-18,20-21,28H,3-7,10-11,13-14,27H2,1-2H3/t16-,17?,18?,20?/m0/s1. The number of anilines is 1. The van der Waals surface area contributed by atoms with Crippen molar-refractivity contribution in [2.75, 3.05) is 25.1 Å². The third-order valence-corrected chi connectivity index (χ3v) is 8.00. The van der Waals surface area contributed by atoms with Gasteiger partial charge in [-0.3, -0.25) is 9.89 Å². The first-order valence-electron chi connectivity index (χ1n) is 12.4. The van der Waals surface area contributed by atoms with Crippen LogP contribution in [-0.4, -0.2) is 50.7 Å². The summed E-state index contributed by atoms with van der Waals surface area (Å²) >= 11 is 0. The molecule has 2 heterocycles. The molecule has 33 heavy (non-hydrogen) atoms. The summed E-state index contributed by atoms with van der Waals surface area (Å²) in [6, 6.07) is 4.48. The fourth-order valence-electron chi connectivity index (χ4n) is 5.84. The van der Waals surface area contributed by atoms with Crippen molar-refractivity contribution >= 4 is 23.6 Å². The Morgan fingerprint density at radius 3 is 2.61 bits per heavy atom. The number of carbonyl (C=O) groups excluding carboxylic acids is 1. The lowest BCUT2D eigenvalue weighted by atomic mass is 9.91. The Labute approximate surface area is 196 Å². The van der Waals surface area contributed by atoms with Gasteiger partial charge in [0.1, 0.15) is 5.75 Å². The summed E-state index contributed by atoms with van der Waals surface area (Å²) < 4.78 is 11.6. The van der Waals surface area contributed by atoms with Gasteiger partial charge in [-0.1, -0.05) is 0 Å². The molecule has 2 aliphatic carbocycles. The number of ether oxygens (including phenoxy) is 2. The largest absolute Gasteiger partial charge is 0.489 e. The highest BCUT2D eigenvalue weighted by Crippen LogP contribution is 2.43. The molecule has 0 aromatic heterocycles. The van der Waals surface area contributed by atoms with Crippen LogP contribution in [0.25, 0.3) is 5.57 Å². The Morgan fingerprint density at radius 2 is 1.97 bits per heavy atom. The summed E-state index contributed by atoms with van der Waals surface area (Å²) in [6.07, 6.45) is 10.8. The zero-order valence-corrected chi connectivity index (χ0v) is 19.8. The first-order valence-corrected chi connectivity index (χ1v) is 12.4. The summed E-state index contributed by atoms with van der Waals surface area (Å²) in [4.78, 5) is 19.3. The van der Waals surface area contributed by atoms with Crippen molar-refractivity contribution < 1.29 is 14.3 Å². The van der Waals surface area contributed by atoms with Crippen LogP contribution in [0.15, 0.2) is 23.3 Å². The molecule has 1 aromatic rings. The number of amides is 1. The van der Waals surface area contributed by atoms with Gasteiger partial charge in [-0.25, -0.2) is 4.79 Å². The molecule has 178 valence electrons. The number of allylic oxidation sites excluding steroid dienone is 1. The number of hydrogen-bond donors (Lipinski definition) is 2. The van der Waals surface area contributed by atoms with Gasteiger partial charge in [-0.2, -0.15) is 0 Å². The quantitative estimate of drug-likeness (QED) is 0.662. The van der Waals surface area contributed by atoms with Crippen molar-refractivity contribution in [3.8, 4) is 5.75 Å². The maximum absolute atomic E-state index is 12.6. The van der Waals surface area contributed by atoms with E-state index in [1.54, 1.807) is 11.1 Å². The Bertz CT molecular complexity index is 943. The van der Waals surface area contributed by atoms with Crippen molar-refractivity contribution in [3.63, 3.8) is 0 Å². The molecule has 3 atom stereocenters. The molecule has 4 aliphatic rings. The molecule has 1 amide bonds. The van der Waals surface area contributed by atoms with E-state index in [0.717, 1.165) is 91.6 Å². The van der Waals surface area contributed by atoms with Gasteiger partial charge in [0.05, 0.1) is 24.9 Å². The lowest BCUT2D eigenvalue weighted by Gasteiger charge is -2.37. The topological polar surface area (TPSA) is 89.2 Å². The van der Waals surface area contributed by atoms with Gasteiger partial charge >= 0.3 is 6.09 Å². The van der Waals surface area contributed by atoms with Crippen molar-refractivity contribution in [2.24, 2.45) is 22.6 Å². The molecule has 1 aromatic carbocycles. The predicted molar refractivity (Wildman–Crippen MR) is 131 cm³/mol. The molecule has 2 saturated carbocycles. The van der Waals surface area contributed by atoms with Gasteiger partial charge in [0, 0.05) is 35.2 Å². The number of nitrogens with one attached hydrogen (secondary N) is 1. The number of hydrogen-bond acceptors (Lipinski definition) is 6. The van der Waals surface area contributed by atoms with Crippen molar-refractivity contribution in [1.82, 2.24) is 5.32 Å². The second kappa shape index (κ2) is 9.37. The van der Waals surface area contributed by atoms with Crippen LogP contribution in [0, 0.1) is 11.8 Å². The summed E-state index contributed by atoms with van der Waals surface area (Å²) in [7, 11) is 1.43. The summed E-state index contributed by atoms with van der Waals surface area (Å²) in [6.45, 7) is 4.30. The van der Waals surface area contributed by atoms with Gasteiger partial charge in [-0.15, -0.1) is 0 Å². The highest BCUT2D eigenvalue weighted by Gasteiger charge is 2.37. The molecule has 3 fully saturated rings. The van der Waals surface area contributed by atoms with E-state index < -0.39 is 0 Å². The number of fused-ring (bicyclic) bond motifs is 2. The minimum Gasteiger partial charge on any atom is -0.489 e. The Hall–Kier alpha value is -2.54. The Balaban J connectivity index is 1.47. The van der Waals surface area contributed by atoms with Crippen LogP contribution in [0.4, 0.5) is 10.5 Å². The van der Waals surface area contributed by atoms with Crippen LogP contribution in [0.3, 0.4) is 0 Å². The first-order chi connectivity index (χ1) is 16.1. The molecule has 7 nitrogen and oxygen atoms in total. The van der Waals surface area contributed by atoms with E-state index in [1.165, 1.54) is 13.5 Å². The zero-order valence-electron chi connectivity index (χ0n) is 19.8. The van der Waals surface area contributed by atoms with E-state index in [-0.39, 0.29) is 18.2 Å².